The van der Waals surface area contributed by atoms with Crippen LogP contribution >= 0.6 is 0 Å². The zero-order valence-electron chi connectivity index (χ0n) is 13.0. The number of nitrogens with zero attached hydrogens (tertiary/aromatic N) is 1. The quantitative estimate of drug-likeness (QED) is 0.795. The molecule has 0 aliphatic carbocycles. The Morgan fingerprint density at radius 2 is 2.17 bits per heavy atom. The van der Waals surface area contributed by atoms with E-state index in [1.807, 2.05) is 17.0 Å². The van der Waals surface area contributed by atoms with Crippen molar-refractivity contribution in [2.75, 3.05) is 19.7 Å². The normalized spacial score (nSPS) is 23.1. The molecule has 1 amide bonds. The summed E-state index contributed by atoms with van der Waals surface area (Å²) in [6.45, 7) is 5.66. The third-order valence-electron chi connectivity index (χ3n) is 5.10. The van der Waals surface area contributed by atoms with Crippen LogP contribution in [0.15, 0.2) is 42.5 Å². The molecule has 0 saturated carbocycles. The molecule has 1 atom stereocenters. The van der Waals surface area contributed by atoms with E-state index in [1.54, 1.807) is 6.08 Å². The summed E-state index contributed by atoms with van der Waals surface area (Å²) < 4.78 is 0. The minimum Gasteiger partial charge on any atom is -0.392 e. The minimum absolute atomic E-state index is 0.0178. The molecule has 4 nitrogen and oxygen atoms in total. The van der Waals surface area contributed by atoms with Crippen molar-refractivity contribution < 1.29 is 9.90 Å². The number of carbonyl (C=O) groups excluding carboxylic acids is 1. The summed E-state index contributed by atoms with van der Waals surface area (Å²) in [6.07, 6.45) is 3.34. The van der Waals surface area contributed by atoms with Crippen LogP contribution in [0.5, 0.6) is 0 Å². The van der Waals surface area contributed by atoms with Gasteiger partial charge in [0.05, 0.1) is 6.61 Å². The van der Waals surface area contributed by atoms with Gasteiger partial charge in [-0.1, -0.05) is 24.8 Å². The molecule has 118 valence electrons. The van der Waals surface area contributed by atoms with E-state index in [-0.39, 0.29) is 18.4 Å². The smallest absolute Gasteiger partial charge is 0.250 e. The molecule has 1 aromatic carbocycles. The fraction of sp³-hybridized carbons (Fsp3) is 0.316. The molecular weight excluding hydrogens is 288 g/mol. The second-order valence-corrected chi connectivity index (χ2v) is 6.27. The Kier molecular flexibility index (Phi) is 3.34. The molecule has 3 aliphatic heterocycles. The number of rotatable bonds is 1. The molecule has 1 unspecified atom stereocenters. The highest BCUT2D eigenvalue weighted by Crippen LogP contribution is 2.39. The summed E-state index contributed by atoms with van der Waals surface area (Å²) >= 11 is 0. The number of hydrogen-bond acceptors (Lipinski definition) is 2. The first-order valence-electron chi connectivity index (χ1n) is 8.09. The largest absolute Gasteiger partial charge is 0.392 e. The molecule has 0 spiro atoms. The number of aromatic amines is 1. The number of hydrogen-bond donors (Lipinski definition) is 2. The molecule has 5 rings (SSSR count). The molecule has 1 aromatic heterocycles. The SMILES string of the molecule is C=C1c2[nH]c3ccccc3c2CCN2CCC1C(=CCO)C2=O. The van der Waals surface area contributed by atoms with E-state index >= 15 is 0 Å². The van der Waals surface area contributed by atoms with Gasteiger partial charge in [0.15, 0.2) is 0 Å². The molecule has 2 aromatic rings. The predicted octanol–water partition coefficient (Wildman–Crippen LogP) is 2.50. The zero-order chi connectivity index (χ0) is 16.0. The van der Waals surface area contributed by atoms with E-state index in [2.05, 4.69) is 23.7 Å². The number of aromatic nitrogens is 1. The van der Waals surface area contributed by atoms with Gasteiger partial charge in [0.2, 0.25) is 5.91 Å². The van der Waals surface area contributed by atoms with Crippen LogP contribution in [0.3, 0.4) is 0 Å². The number of piperidine rings is 1. The molecule has 23 heavy (non-hydrogen) atoms. The number of fused-ring (bicyclic) bond motifs is 4. The lowest BCUT2D eigenvalue weighted by atomic mass is 9.83. The number of para-hydroxylation sites is 1. The van der Waals surface area contributed by atoms with E-state index in [0.717, 1.165) is 36.2 Å². The van der Waals surface area contributed by atoms with Gasteiger partial charge < -0.3 is 15.0 Å². The molecule has 4 heteroatoms. The summed E-state index contributed by atoms with van der Waals surface area (Å²) in [5.41, 5.74) is 5.09. The van der Waals surface area contributed by atoms with Crippen LogP contribution in [0.4, 0.5) is 0 Å². The van der Waals surface area contributed by atoms with Crippen LogP contribution in [0.25, 0.3) is 16.5 Å². The summed E-state index contributed by atoms with van der Waals surface area (Å²) in [4.78, 5) is 18.1. The van der Waals surface area contributed by atoms with Crippen molar-refractivity contribution in [2.24, 2.45) is 5.92 Å². The number of amides is 1. The molecule has 4 heterocycles. The third-order valence-corrected chi connectivity index (χ3v) is 5.10. The lowest BCUT2D eigenvalue weighted by molar-refractivity contribution is -0.129. The first kappa shape index (κ1) is 14.3. The van der Waals surface area contributed by atoms with Gasteiger partial charge in [0.1, 0.15) is 0 Å². The first-order chi connectivity index (χ1) is 11.2. The van der Waals surface area contributed by atoms with E-state index < -0.39 is 0 Å². The van der Waals surface area contributed by atoms with Crippen molar-refractivity contribution in [1.29, 1.82) is 0 Å². The fourth-order valence-electron chi connectivity index (χ4n) is 3.93. The molecule has 1 saturated heterocycles. The topological polar surface area (TPSA) is 56.3 Å². The Morgan fingerprint density at radius 3 is 3.00 bits per heavy atom. The van der Waals surface area contributed by atoms with Gasteiger partial charge in [0.25, 0.3) is 0 Å². The predicted molar refractivity (Wildman–Crippen MR) is 90.9 cm³/mol. The minimum atomic E-state index is -0.113. The van der Waals surface area contributed by atoms with Gasteiger partial charge in [-0.3, -0.25) is 4.79 Å². The highest BCUT2D eigenvalue weighted by atomic mass is 16.2. The maximum Gasteiger partial charge on any atom is 0.250 e. The Labute approximate surface area is 135 Å². The van der Waals surface area contributed by atoms with Crippen molar-refractivity contribution in [3.05, 3.63) is 53.8 Å². The number of allylic oxidation sites excluding steroid dienone is 1. The van der Waals surface area contributed by atoms with Crippen molar-refractivity contribution >= 4 is 22.4 Å². The average Bonchev–Trinajstić information content (AvgIpc) is 2.96. The lowest BCUT2D eigenvalue weighted by Crippen LogP contribution is -2.41. The number of aliphatic hydroxyl groups is 1. The van der Waals surface area contributed by atoms with Gasteiger partial charge in [0, 0.05) is 41.2 Å². The number of aliphatic hydroxyl groups excluding tert-OH is 1. The van der Waals surface area contributed by atoms with Crippen LogP contribution in [0.1, 0.15) is 17.7 Å². The van der Waals surface area contributed by atoms with Gasteiger partial charge in [-0.05, 0) is 36.1 Å². The van der Waals surface area contributed by atoms with Crippen molar-refractivity contribution in [1.82, 2.24) is 9.88 Å². The van der Waals surface area contributed by atoms with Crippen LogP contribution in [0.2, 0.25) is 0 Å². The Morgan fingerprint density at radius 1 is 1.35 bits per heavy atom. The molecule has 2 N–H and O–H groups in total. The Balaban J connectivity index is 1.90. The van der Waals surface area contributed by atoms with E-state index in [9.17, 15) is 9.90 Å². The molecule has 2 bridgehead atoms. The van der Waals surface area contributed by atoms with Crippen molar-refractivity contribution in [3.63, 3.8) is 0 Å². The second-order valence-electron chi connectivity index (χ2n) is 6.27. The van der Waals surface area contributed by atoms with Crippen LogP contribution < -0.4 is 0 Å². The van der Waals surface area contributed by atoms with E-state index in [0.29, 0.717) is 12.1 Å². The summed E-state index contributed by atoms with van der Waals surface area (Å²) in [6, 6.07) is 8.27. The Bertz CT molecular complexity index is 831. The lowest BCUT2D eigenvalue weighted by Gasteiger charge is -2.33. The van der Waals surface area contributed by atoms with Gasteiger partial charge >= 0.3 is 0 Å². The summed E-state index contributed by atoms with van der Waals surface area (Å²) in [7, 11) is 0. The third kappa shape index (κ3) is 2.13. The van der Waals surface area contributed by atoms with Crippen molar-refractivity contribution in [3.8, 4) is 0 Å². The number of nitrogens with one attached hydrogen (secondary N) is 1. The fourth-order valence-corrected chi connectivity index (χ4v) is 3.93. The molecule has 0 radical (unpaired) electrons. The molecular formula is C19H20N2O2. The summed E-state index contributed by atoms with van der Waals surface area (Å²) in [5, 5.41) is 10.5. The summed E-state index contributed by atoms with van der Waals surface area (Å²) in [5.74, 6) is 0.0294. The monoisotopic (exact) mass is 308 g/mol. The van der Waals surface area contributed by atoms with Crippen LogP contribution in [0, 0.1) is 5.92 Å². The zero-order valence-corrected chi connectivity index (χ0v) is 13.0. The highest BCUT2D eigenvalue weighted by molar-refractivity contribution is 5.99. The number of carbonyl (C=O) groups is 1. The van der Waals surface area contributed by atoms with Crippen molar-refractivity contribution in [2.45, 2.75) is 12.8 Å². The number of H-pyrrole nitrogens is 1. The standard InChI is InChI=1S/C19H20N2O2/c1-12-13-6-9-21(19(23)16(13)8-11-22)10-7-15-14-4-2-3-5-17(14)20-18(12)15/h2-5,8,13,20,22H,1,6-7,9-11H2. The second kappa shape index (κ2) is 5.39. The maximum absolute atomic E-state index is 12.7. The highest BCUT2D eigenvalue weighted by Gasteiger charge is 2.35. The van der Waals surface area contributed by atoms with Crippen LogP contribution in [-0.4, -0.2) is 40.6 Å². The molecule has 1 fully saturated rings. The average molecular weight is 308 g/mol. The maximum atomic E-state index is 12.7. The van der Waals surface area contributed by atoms with Crippen LogP contribution in [-0.2, 0) is 11.2 Å². The van der Waals surface area contributed by atoms with Gasteiger partial charge in [-0.25, -0.2) is 0 Å². The number of benzene rings is 1. The van der Waals surface area contributed by atoms with Gasteiger partial charge in [-0.2, -0.15) is 0 Å². The Hall–Kier alpha value is -2.33. The van der Waals surface area contributed by atoms with Gasteiger partial charge in [-0.15, -0.1) is 0 Å². The van der Waals surface area contributed by atoms with E-state index in [4.69, 9.17) is 0 Å². The van der Waals surface area contributed by atoms with E-state index in [1.165, 1.54) is 10.9 Å². The molecule has 3 aliphatic rings. The first-order valence-corrected chi connectivity index (χ1v) is 8.09.